The Morgan fingerprint density at radius 2 is 1.90 bits per heavy atom. The summed E-state index contributed by atoms with van der Waals surface area (Å²) in [6.07, 6.45) is 4.49. The van der Waals surface area contributed by atoms with Crippen LogP contribution < -0.4 is 0 Å². The second-order valence-electron chi connectivity index (χ2n) is 5.57. The number of hydrogen-bond donors (Lipinski definition) is 1. The van der Waals surface area contributed by atoms with E-state index in [1.54, 1.807) is 0 Å². The molecule has 5 heteroatoms. The van der Waals surface area contributed by atoms with Gasteiger partial charge in [0.05, 0.1) is 16.1 Å². The number of aliphatic hydroxyl groups excluding tert-OH is 1. The lowest BCUT2D eigenvalue weighted by molar-refractivity contribution is -0.133. The van der Waals surface area contributed by atoms with E-state index in [4.69, 9.17) is 23.2 Å². The first-order valence-corrected chi connectivity index (χ1v) is 8.21. The molecule has 0 saturated carbocycles. The summed E-state index contributed by atoms with van der Waals surface area (Å²) in [5.41, 5.74) is 1.15. The minimum Gasteiger partial charge on any atom is -0.393 e. The van der Waals surface area contributed by atoms with E-state index in [1.807, 2.05) is 23.1 Å². The van der Waals surface area contributed by atoms with Crippen molar-refractivity contribution < 1.29 is 9.90 Å². The summed E-state index contributed by atoms with van der Waals surface area (Å²) in [6, 6.07) is 5.67. The van der Waals surface area contributed by atoms with Crippen LogP contribution in [0.25, 0.3) is 0 Å². The molecule has 1 aliphatic heterocycles. The van der Waals surface area contributed by atoms with Crippen molar-refractivity contribution in [2.24, 2.45) is 0 Å². The Kier molecular flexibility index (Phi) is 6.34. The van der Waals surface area contributed by atoms with Crippen LogP contribution in [0.5, 0.6) is 0 Å². The minimum atomic E-state index is -0.233. The Morgan fingerprint density at radius 1 is 1.19 bits per heavy atom. The fourth-order valence-electron chi connectivity index (χ4n) is 2.57. The fraction of sp³-hybridized carbons (Fsp3) is 0.562. The second kappa shape index (κ2) is 8.02. The fourth-order valence-corrected chi connectivity index (χ4v) is 2.89. The van der Waals surface area contributed by atoms with E-state index in [2.05, 4.69) is 0 Å². The maximum atomic E-state index is 12.0. The van der Waals surface area contributed by atoms with Crippen LogP contribution in [0.1, 0.15) is 37.7 Å². The molecule has 3 nitrogen and oxygen atoms in total. The van der Waals surface area contributed by atoms with Crippen LogP contribution in [0.15, 0.2) is 18.2 Å². The van der Waals surface area contributed by atoms with Crippen molar-refractivity contribution in [2.45, 2.75) is 44.6 Å². The van der Waals surface area contributed by atoms with E-state index in [9.17, 15) is 9.90 Å². The third-order valence-corrected chi connectivity index (χ3v) is 4.65. The van der Waals surface area contributed by atoms with Crippen LogP contribution in [0.2, 0.25) is 10.0 Å². The second-order valence-corrected chi connectivity index (χ2v) is 6.38. The molecule has 0 spiro atoms. The lowest BCUT2D eigenvalue weighted by atomic mass is 10.1. The zero-order valence-corrected chi connectivity index (χ0v) is 13.5. The molecule has 116 valence electrons. The van der Waals surface area contributed by atoms with E-state index in [0.717, 1.165) is 24.8 Å². The van der Waals surface area contributed by atoms with Crippen LogP contribution in [0.3, 0.4) is 0 Å². The Balaban J connectivity index is 1.67. The lowest BCUT2D eigenvalue weighted by Crippen LogP contribution is -2.39. The Labute approximate surface area is 135 Å². The molecule has 1 heterocycles. The molecule has 0 radical (unpaired) electrons. The molecule has 1 amide bonds. The number of hydrogen-bond acceptors (Lipinski definition) is 2. The first-order valence-electron chi connectivity index (χ1n) is 7.46. The summed E-state index contributed by atoms with van der Waals surface area (Å²) >= 11 is 11.9. The van der Waals surface area contributed by atoms with Gasteiger partial charge in [0, 0.05) is 19.5 Å². The number of aryl methyl sites for hydroxylation is 1. The largest absolute Gasteiger partial charge is 0.393 e. The summed E-state index contributed by atoms with van der Waals surface area (Å²) in [7, 11) is 0. The van der Waals surface area contributed by atoms with Crippen LogP contribution in [0.4, 0.5) is 0 Å². The smallest absolute Gasteiger partial charge is 0.222 e. The number of nitrogens with zero attached hydrogens (tertiary/aromatic N) is 1. The monoisotopic (exact) mass is 329 g/mol. The van der Waals surface area contributed by atoms with Gasteiger partial charge in [-0.25, -0.2) is 0 Å². The highest BCUT2D eigenvalue weighted by Crippen LogP contribution is 2.23. The number of amides is 1. The number of benzene rings is 1. The molecule has 1 aliphatic rings. The number of aliphatic hydroxyl groups is 1. The quantitative estimate of drug-likeness (QED) is 0.837. The predicted octanol–water partition coefficient (Wildman–Crippen LogP) is 3.69. The van der Waals surface area contributed by atoms with Crippen molar-refractivity contribution in [1.82, 2.24) is 4.90 Å². The molecule has 1 aromatic rings. The molecule has 21 heavy (non-hydrogen) atoms. The highest BCUT2D eigenvalue weighted by molar-refractivity contribution is 6.42. The lowest BCUT2D eigenvalue weighted by Gasteiger charge is -2.29. The number of halogens is 2. The van der Waals surface area contributed by atoms with Crippen molar-refractivity contribution in [1.29, 1.82) is 0 Å². The van der Waals surface area contributed by atoms with Gasteiger partial charge in [-0.15, -0.1) is 0 Å². The molecular weight excluding hydrogens is 309 g/mol. The number of likely N-dealkylation sites (tertiary alicyclic amines) is 1. The zero-order chi connectivity index (χ0) is 15.2. The van der Waals surface area contributed by atoms with Gasteiger partial charge in [-0.3, -0.25) is 4.79 Å². The Bertz CT molecular complexity index is 485. The first kappa shape index (κ1) is 16.6. The van der Waals surface area contributed by atoms with Gasteiger partial charge in [-0.1, -0.05) is 29.3 Å². The van der Waals surface area contributed by atoms with Crippen molar-refractivity contribution in [3.63, 3.8) is 0 Å². The summed E-state index contributed by atoms with van der Waals surface area (Å²) in [5, 5.41) is 10.6. The third-order valence-electron chi connectivity index (χ3n) is 3.91. The average molecular weight is 330 g/mol. The van der Waals surface area contributed by atoms with Gasteiger partial charge in [0.2, 0.25) is 5.91 Å². The molecule has 0 unspecified atom stereocenters. The van der Waals surface area contributed by atoms with E-state index in [-0.39, 0.29) is 12.0 Å². The van der Waals surface area contributed by atoms with E-state index < -0.39 is 0 Å². The van der Waals surface area contributed by atoms with Crippen molar-refractivity contribution >= 4 is 29.1 Å². The van der Waals surface area contributed by atoms with Gasteiger partial charge in [0.25, 0.3) is 0 Å². The van der Waals surface area contributed by atoms with Crippen LogP contribution in [0, 0.1) is 0 Å². The number of piperidine rings is 1. The summed E-state index contributed by atoms with van der Waals surface area (Å²) < 4.78 is 0. The topological polar surface area (TPSA) is 40.5 Å². The average Bonchev–Trinajstić information content (AvgIpc) is 2.47. The number of carbonyl (C=O) groups is 1. The van der Waals surface area contributed by atoms with Gasteiger partial charge in [-0.05, 0) is 49.8 Å². The van der Waals surface area contributed by atoms with Gasteiger partial charge < -0.3 is 10.0 Å². The third kappa shape index (κ3) is 5.17. The molecule has 2 rings (SSSR count). The number of rotatable bonds is 5. The number of carbonyl (C=O) groups excluding carboxylic acids is 1. The van der Waals surface area contributed by atoms with Gasteiger partial charge in [-0.2, -0.15) is 0 Å². The van der Waals surface area contributed by atoms with Crippen molar-refractivity contribution in [3.8, 4) is 0 Å². The summed E-state index contributed by atoms with van der Waals surface area (Å²) in [5.74, 6) is 0.205. The Morgan fingerprint density at radius 3 is 2.57 bits per heavy atom. The highest BCUT2D eigenvalue weighted by Gasteiger charge is 2.20. The molecule has 1 N–H and O–H groups in total. The van der Waals surface area contributed by atoms with Crippen LogP contribution in [-0.2, 0) is 11.2 Å². The molecule has 1 fully saturated rings. The van der Waals surface area contributed by atoms with Crippen LogP contribution in [-0.4, -0.2) is 35.1 Å². The first-order chi connectivity index (χ1) is 10.1. The maximum absolute atomic E-state index is 12.0. The predicted molar refractivity (Wildman–Crippen MR) is 85.8 cm³/mol. The van der Waals surface area contributed by atoms with Gasteiger partial charge >= 0.3 is 0 Å². The Hall–Kier alpha value is -0.770. The molecular formula is C16H21Cl2NO2. The molecule has 0 atom stereocenters. The molecule has 1 aromatic carbocycles. The van der Waals surface area contributed by atoms with E-state index in [1.165, 1.54) is 0 Å². The zero-order valence-electron chi connectivity index (χ0n) is 12.0. The van der Waals surface area contributed by atoms with E-state index >= 15 is 0 Å². The summed E-state index contributed by atoms with van der Waals surface area (Å²) in [4.78, 5) is 13.9. The molecule has 0 aliphatic carbocycles. The maximum Gasteiger partial charge on any atom is 0.222 e. The van der Waals surface area contributed by atoms with E-state index in [0.29, 0.717) is 42.4 Å². The SMILES string of the molecule is O=C(CCCCc1ccc(Cl)c(Cl)c1)N1CCC(O)CC1. The molecule has 0 bridgehead atoms. The van der Waals surface area contributed by atoms with Crippen molar-refractivity contribution in [2.75, 3.05) is 13.1 Å². The highest BCUT2D eigenvalue weighted by atomic mass is 35.5. The molecule has 1 saturated heterocycles. The number of unbranched alkanes of at least 4 members (excludes halogenated alkanes) is 1. The van der Waals surface area contributed by atoms with Gasteiger partial charge in [0.1, 0.15) is 0 Å². The van der Waals surface area contributed by atoms with Crippen molar-refractivity contribution in [3.05, 3.63) is 33.8 Å². The van der Waals surface area contributed by atoms with Crippen LogP contribution >= 0.6 is 23.2 Å². The minimum absolute atomic E-state index is 0.205. The van der Waals surface area contributed by atoms with Gasteiger partial charge in [0.15, 0.2) is 0 Å². The molecule has 0 aromatic heterocycles. The summed E-state index contributed by atoms with van der Waals surface area (Å²) in [6.45, 7) is 1.37. The normalized spacial score (nSPS) is 16.2. The standard InChI is InChI=1S/C16H21Cl2NO2/c17-14-6-5-12(11-15(14)18)3-1-2-4-16(21)19-9-7-13(20)8-10-19/h5-6,11,13,20H,1-4,7-10H2.